The number of hydrogen-bond donors (Lipinski definition) is 1. The summed E-state index contributed by atoms with van der Waals surface area (Å²) >= 11 is 0. The molecule has 0 atom stereocenters. The van der Waals surface area contributed by atoms with Crippen molar-refractivity contribution in [1.29, 1.82) is 0 Å². The van der Waals surface area contributed by atoms with Gasteiger partial charge in [-0.1, -0.05) is 6.07 Å². The minimum absolute atomic E-state index is 0.382. The molecule has 0 spiro atoms. The van der Waals surface area contributed by atoms with Gasteiger partial charge in [-0.05, 0) is 17.7 Å². The molecule has 0 bridgehead atoms. The first-order valence-electron chi connectivity index (χ1n) is 5.99. The van der Waals surface area contributed by atoms with Crippen LogP contribution in [0.3, 0.4) is 0 Å². The SMILES string of the molecule is COc1ccc(CN2CCN(C)C(=O)C2=O)cc1N. The van der Waals surface area contributed by atoms with Crippen LogP contribution >= 0.6 is 0 Å². The average Bonchev–Trinajstić information content (AvgIpc) is 2.40. The van der Waals surface area contributed by atoms with E-state index in [4.69, 9.17) is 10.5 Å². The first-order valence-corrected chi connectivity index (χ1v) is 5.99. The molecule has 1 aromatic rings. The van der Waals surface area contributed by atoms with E-state index in [2.05, 4.69) is 0 Å². The number of anilines is 1. The van der Waals surface area contributed by atoms with Crippen molar-refractivity contribution in [3.05, 3.63) is 23.8 Å². The third-order valence-electron chi connectivity index (χ3n) is 3.19. The molecule has 1 aromatic carbocycles. The average molecular weight is 263 g/mol. The Morgan fingerprint density at radius 1 is 1.26 bits per heavy atom. The number of carbonyl (C=O) groups is 2. The lowest BCUT2D eigenvalue weighted by molar-refractivity contribution is -0.155. The second-order valence-corrected chi connectivity index (χ2v) is 4.53. The smallest absolute Gasteiger partial charge is 0.312 e. The molecule has 6 heteroatoms. The van der Waals surface area contributed by atoms with Crippen molar-refractivity contribution in [2.45, 2.75) is 6.54 Å². The molecule has 19 heavy (non-hydrogen) atoms. The van der Waals surface area contributed by atoms with Gasteiger partial charge in [0.25, 0.3) is 0 Å². The Balaban J connectivity index is 2.11. The number of amides is 2. The van der Waals surface area contributed by atoms with Crippen LogP contribution in [-0.4, -0.2) is 48.9 Å². The zero-order valence-corrected chi connectivity index (χ0v) is 11.0. The van der Waals surface area contributed by atoms with E-state index in [1.54, 1.807) is 26.3 Å². The molecule has 0 aromatic heterocycles. The highest BCUT2D eigenvalue weighted by molar-refractivity contribution is 6.35. The molecule has 2 rings (SSSR count). The number of nitrogen functional groups attached to an aromatic ring is 1. The highest BCUT2D eigenvalue weighted by Crippen LogP contribution is 2.23. The van der Waals surface area contributed by atoms with E-state index in [-0.39, 0.29) is 0 Å². The zero-order chi connectivity index (χ0) is 14.0. The lowest BCUT2D eigenvalue weighted by Crippen LogP contribution is -2.52. The van der Waals surface area contributed by atoms with E-state index in [0.29, 0.717) is 31.1 Å². The van der Waals surface area contributed by atoms with Crippen LogP contribution in [0.1, 0.15) is 5.56 Å². The van der Waals surface area contributed by atoms with Gasteiger partial charge in [-0.15, -0.1) is 0 Å². The third-order valence-corrected chi connectivity index (χ3v) is 3.19. The molecule has 2 N–H and O–H groups in total. The summed E-state index contributed by atoms with van der Waals surface area (Å²) in [5, 5.41) is 0. The monoisotopic (exact) mass is 263 g/mol. The molecular weight excluding hydrogens is 246 g/mol. The van der Waals surface area contributed by atoms with E-state index in [0.717, 1.165) is 5.56 Å². The predicted molar refractivity (Wildman–Crippen MR) is 70.5 cm³/mol. The molecule has 1 fully saturated rings. The van der Waals surface area contributed by atoms with Crippen LogP contribution in [0, 0.1) is 0 Å². The molecule has 1 saturated heterocycles. The lowest BCUT2D eigenvalue weighted by atomic mass is 10.1. The Kier molecular flexibility index (Phi) is 3.59. The van der Waals surface area contributed by atoms with Crippen LogP contribution in [0.2, 0.25) is 0 Å². The summed E-state index contributed by atoms with van der Waals surface area (Å²) in [6.45, 7) is 1.47. The Bertz CT molecular complexity index is 516. The standard InChI is InChI=1S/C13H17N3O3/c1-15-5-6-16(13(18)12(15)17)8-9-3-4-11(19-2)10(14)7-9/h3-4,7H,5-6,8,14H2,1-2H3. The number of ether oxygens (including phenoxy) is 1. The van der Waals surface area contributed by atoms with E-state index in [9.17, 15) is 9.59 Å². The van der Waals surface area contributed by atoms with Gasteiger partial charge >= 0.3 is 11.8 Å². The van der Waals surface area contributed by atoms with E-state index in [1.165, 1.54) is 9.80 Å². The minimum atomic E-state index is -0.469. The third kappa shape index (κ3) is 2.62. The van der Waals surface area contributed by atoms with Gasteiger partial charge in [-0.25, -0.2) is 0 Å². The maximum Gasteiger partial charge on any atom is 0.312 e. The van der Waals surface area contributed by atoms with Gasteiger partial charge in [-0.3, -0.25) is 9.59 Å². The van der Waals surface area contributed by atoms with Crippen LogP contribution in [-0.2, 0) is 16.1 Å². The van der Waals surface area contributed by atoms with Crippen molar-refractivity contribution < 1.29 is 14.3 Å². The van der Waals surface area contributed by atoms with E-state index < -0.39 is 11.8 Å². The number of rotatable bonds is 3. The molecule has 1 aliphatic rings. The maximum atomic E-state index is 11.8. The number of nitrogens with zero attached hydrogens (tertiary/aromatic N) is 2. The van der Waals surface area contributed by atoms with Crippen LogP contribution in [0.4, 0.5) is 5.69 Å². The molecule has 0 radical (unpaired) electrons. The lowest BCUT2D eigenvalue weighted by Gasteiger charge is -2.31. The first-order chi connectivity index (χ1) is 9.02. The van der Waals surface area contributed by atoms with Crippen LogP contribution in [0.15, 0.2) is 18.2 Å². The molecule has 1 heterocycles. The highest BCUT2D eigenvalue weighted by atomic mass is 16.5. The normalized spacial score (nSPS) is 15.9. The number of carbonyl (C=O) groups excluding carboxylic acids is 2. The van der Waals surface area contributed by atoms with Gasteiger partial charge in [0, 0.05) is 26.7 Å². The topological polar surface area (TPSA) is 75.9 Å². The summed E-state index contributed by atoms with van der Waals surface area (Å²) < 4.78 is 5.08. The second-order valence-electron chi connectivity index (χ2n) is 4.53. The number of benzene rings is 1. The van der Waals surface area contributed by atoms with Gasteiger partial charge in [0.1, 0.15) is 5.75 Å². The molecule has 0 unspecified atom stereocenters. The van der Waals surface area contributed by atoms with Gasteiger partial charge in [0.05, 0.1) is 12.8 Å². The molecule has 0 aliphatic carbocycles. The van der Waals surface area contributed by atoms with Gasteiger partial charge in [0.2, 0.25) is 0 Å². The minimum Gasteiger partial charge on any atom is -0.495 e. The van der Waals surface area contributed by atoms with Crippen molar-refractivity contribution in [3.8, 4) is 5.75 Å². The second kappa shape index (κ2) is 5.17. The van der Waals surface area contributed by atoms with Crippen molar-refractivity contribution >= 4 is 17.5 Å². The fourth-order valence-corrected chi connectivity index (χ4v) is 2.03. The Hall–Kier alpha value is -2.24. The molecule has 6 nitrogen and oxygen atoms in total. The van der Waals surface area contributed by atoms with Gasteiger partial charge in [-0.2, -0.15) is 0 Å². The van der Waals surface area contributed by atoms with Crippen molar-refractivity contribution in [2.75, 3.05) is 33.0 Å². The summed E-state index contributed by atoms with van der Waals surface area (Å²) in [6.07, 6.45) is 0. The Morgan fingerprint density at radius 2 is 2.00 bits per heavy atom. The molecule has 0 saturated carbocycles. The summed E-state index contributed by atoms with van der Waals surface area (Å²) in [5.41, 5.74) is 7.22. The maximum absolute atomic E-state index is 11.8. The highest BCUT2D eigenvalue weighted by Gasteiger charge is 2.30. The van der Waals surface area contributed by atoms with Crippen LogP contribution in [0.25, 0.3) is 0 Å². The Morgan fingerprint density at radius 3 is 2.63 bits per heavy atom. The fraction of sp³-hybridized carbons (Fsp3) is 0.385. The summed E-state index contributed by atoms with van der Waals surface area (Å²) in [7, 11) is 3.18. The largest absolute Gasteiger partial charge is 0.495 e. The predicted octanol–water partition coefficient (Wildman–Crippen LogP) is 0.0780. The van der Waals surface area contributed by atoms with Crippen molar-refractivity contribution in [1.82, 2.24) is 9.80 Å². The number of piperazine rings is 1. The fourth-order valence-electron chi connectivity index (χ4n) is 2.03. The molecule has 1 aliphatic heterocycles. The number of methoxy groups -OCH3 is 1. The van der Waals surface area contributed by atoms with E-state index in [1.807, 2.05) is 6.07 Å². The van der Waals surface area contributed by atoms with Gasteiger partial charge in [0.15, 0.2) is 0 Å². The summed E-state index contributed by atoms with van der Waals surface area (Å²) in [5.74, 6) is -0.333. The quantitative estimate of drug-likeness (QED) is 0.619. The Labute approximate surface area is 111 Å². The number of nitrogens with two attached hydrogens (primary N) is 1. The molecule has 2 amide bonds. The zero-order valence-electron chi connectivity index (χ0n) is 11.0. The van der Waals surface area contributed by atoms with Crippen LogP contribution < -0.4 is 10.5 Å². The number of likely N-dealkylation sites (N-methyl/N-ethyl adjacent to an activating group) is 1. The van der Waals surface area contributed by atoms with Gasteiger partial charge < -0.3 is 20.3 Å². The molecule has 102 valence electrons. The number of hydrogen-bond acceptors (Lipinski definition) is 4. The summed E-state index contributed by atoms with van der Waals surface area (Å²) in [6, 6.07) is 5.35. The summed E-state index contributed by atoms with van der Waals surface area (Å²) in [4.78, 5) is 26.4. The molecular formula is C13H17N3O3. The van der Waals surface area contributed by atoms with Crippen LogP contribution in [0.5, 0.6) is 5.75 Å². The first kappa shape index (κ1) is 13.2. The van der Waals surface area contributed by atoms with Crippen molar-refractivity contribution in [2.24, 2.45) is 0 Å². The van der Waals surface area contributed by atoms with E-state index >= 15 is 0 Å². The van der Waals surface area contributed by atoms with Crippen molar-refractivity contribution in [3.63, 3.8) is 0 Å².